The van der Waals surface area contributed by atoms with Crippen molar-refractivity contribution in [3.05, 3.63) is 39.9 Å². The first-order valence-corrected chi connectivity index (χ1v) is 5.31. The molecule has 1 rings (SSSR count). The van der Waals surface area contributed by atoms with Gasteiger partial charge in [-0.15, -0.1) is 0 Å². The lowest BCUT2D eigenvalue weighted by Crippen LogP contribution is -1.91. The molecule has 0 unspecified atom stereocenters. The minimum Gasteiger partial charge on any atom is -0.396 e. The summed E-state index contributed by atoms with van der Waals surface area (Å²) in [6.45, 7) is 0.138. The van der Waals surface area contributed by atoms with Gasteiger partial charge < -0.3 is 5.11 Å². The normalized spacial score (nSPS) is 10.1. The summed E-state index contributed by atoms with van der Waals surface area (Å²) >= 11 is 1.55. The predicted octanol–water partition coefficient (Wildman–Crippen LogP) is 1.82. The van der Waals surface area contributed by atoms with Crippen molar-refractivity contribution in [2.24, 2.45) is 0 Å². The highest BCUT2D eigenvalue weighted by atomic mass is 32.2. The molecule has 14 heavy (non-hydrogen) atoms. The molecule has 0 aliphatic heterocycles. The van der Waals surface area contributed by atoms with Crippen LogP contribution in [0.5, 0.6) is 0 Å². The standard InChI is InChI=1S/C9H11NO3S/c11-4-5-14-7-8-2-1-3-9(6-8)10(12)13/h1-3,6,11H,4-5,7H2. The Morgan fingerprint density at radius 1 is 1.50 bits per heavy atom. The quantitative estimate of drug-likeness (QED) is 0.460. The summed E-state index contributed by atoms with van der Waals surface area (Å²) in [5.74, 6) is 1.35. The van der Waals surface area contributed by atoms with Gasteiger partial charge in [-0.2, -0.15) is 11.8 Å². The number of nitro groups is 1. The molecule has 1 N–H and O–H groups in total. The second kappa shape index (κ2) is 5.62. The zero-order valence-corrected chi connectivity index (χ0v) is 8.37. The van der Waals surface area contributed by atoms with Gasteiger partial charge in [0.15, 0.2) is 0 Å². The molecule has 1 aromatic carbocycles. The number of nitrogens with zero attached hydrogens (tertiary/aromatic N) is 1. The monoisotopic (exact) mass is 213 g/mol. The Kier molecular flexibility index (Phi) is 4.42. The van der Waals surface area contributed by atoms with Crippen LogP contribution in [0.25, 0.3) is 0 Å². The number of non-ortho nitro benzene ring substituents is 1. The maximum absolute atomic E-state index is 10.4. The van der Waals surface area contributed by atoms with Crippen LogP contribution in [0.1, 0.15) is 5.56 Å². The average Bonchev–Trinajstić information content (AvgIpc) is 2.19. The summed E-state index contributed by atoms with van der Waals surface area (Å²) < 4.78 is 0. The summed E-state index contributed by atoms with van der Waals surface area (Å²) in [6.07, 6.45) is 0. The number of aliphatic hydroxyl groups is 1. The Hall–Kier alpha value is -1.07. The van der Waals surface area contributed by atoms with E-state index in [1.165, 1.54) is 6.07 Å². The second-order valence-corrected chi connectivity index (χ2v) is 3.81. The van der Waals surface area contributed by atoms with Crippen molar-refractivity contribution >= 4 is 17.4 Å². The van der Waals surface area contributed by atoms with Gasteiger partial charge in [0.1, 0.15) is 0 Å². The van der Waals surface area contributed by atoms with Gasteiger partial charge in [0.25, 0.3) is 5.69 Å². The molecule has 0 atom stereocenters. The summed E-state index contributed by atoms with van der Waals surface area (Å²) in [6, 6.07) is 6.55. The Morgan fingerprint density at radius 3 is 2.93 bits per heavy atom. The van der Waals surface area contributed by atoms with Crippen LogP contribution in [0.15, 0.2) is 24.3 Å². The largest absolute Gasteiger partial charge is 0.396 e. The zero-order chi connectivity index (χ0) is 10.4. The molecule has 0 saturated heterocycles. The maximum Gasteiger partial charge on any atom is 0.269 e. The van der Waals surface area contributed by atoms with Crippen LogP contribution in [0.3, 0.4) is 0 Å². The SMILES string of the molecule is O=[N+]([O-])c1cccc(CSCCO)c1. The molecule has 0 heterocycles. The van der Waals surface area contributed by atoms with E-state index in [0.717, 1.165) is 5.56 Å². The second-order valence-electron chi connectivity index (χ2n) is 2.70. The Bertz CT molecular complexity index is 317. The molecule has 0 bridgehead atoms. The van der Waals surface area contributed by atoms with Gasteiger partial charge >= 0.3 is 0 Å². The van der Waals surface area contributed by atoms with E-state index in [9.17, 15) is 10.1 Å². The first-order chi connectivity index (χ1) is 6.74. The van der Waals surface area contributed by atoms with Crippen LogP contribution < -0.4 is 0 Å². The molecule has 4 nitrogen and oxygen atoms in total. The van der Waals surface area contributed by atoms with Crippen LogP contribution in [0.4, 0.5) is 5.69 Å². The van der Waals surface area contributed by atoms with Crippen LogP contribution in [-0.2, 0) is 5.75 Å². The van der Waals surface area contributed by atoms with Gasteiger partial charge in [0, 0.05) is 23.6 Å². The summed E-state index contributed by atoms with van der Waals surface area (Å²) in [4.78, 5) is 10.0. The van der Waals surface area contributed by atoms with E-state index in [1.807, 2.05) is 6.07 Å². The van der Waals surface area contributed by atoms with E-state index in [-0.39, 0.29) is 12.3 Å². The number of aliphatic hydroxyl groups excluding tert-OH is 1. The van der Waals surface area contributed by atoms with Crippen molar-refractivity contribution in [2.75, 3.05) is 12.4 Å². The molecule has 0 radical (unpaired) electrons. The minimum absolute atomic E-state index is 0.118. The highest BCUT2D eigenvalue weighted by Crippen LogP contribution is 2.17. The minimum atomic E-state index is -0.403. The van der Waals surface area contributed by atoms with E-state index >= 15 is 0 Å². The Labute approximate surface area is 86.1 Å². The summed E-state index contributed by atoms with van der Waals surface area (Å²) in [5.41, 5.74) is 1.03. The first kappa shape index (κ1) is 11.0. The Morgan fingerprint density at radius 2 is 2.29 bits per heavy atom. The fraction of sp³-hybridized carbons (Fsp3) is 0.333. The van der Waals surface area contributed by atoms with Crippen LogP contribution in [0.2, 0.25) is 0 Å². The van der Waals surface area contributed by atoms with E-state index < -0.39 is 4.92 Å². The van der Waals surface area contributed by atoms with Gasteiger partial charge in [-0.25, -0.2) is 0 Å². The van der Waals surface area contributed by atoms with Crippen molar-refractivity contribution in [1.82, 2.24) is 0 Å². The topological polar surface area (TPSA) is 63.4 Å². The fourth-order valence-corrected chi connectivity index (χ4v) is 1.70. The van der Waals surface area contributed by atoms with E-state index in [4.69, 9.17) is 5.11 Å². The third kappa shape index (κ3) is 3.35. The average molecular weight is 213 g/mol. The van der Waals surface area contributed by atoms with Gasteiger partial charge in [-0.05, 0) is 5.56 Å². The number of benzene rings is 1. The third-order valence-corrected chi connectivity index (χ3v) is 2.63. The molecule has 0 aromatic heterocycles. The van der Waals surface area contributed by atoms with Crippen molar-refractivity contribution in [3.63, 3.8) is 0 Å². The van der Waals surface area contributed by atoms with E-state index in [1.54, 1.807) is 23.9 Å². The molecule has 5 heteroatoms. The van der Waals surface area contributed by atoms with Gasteiger partial charge in [-0.3, -0.25) is 10.1 Å². The lowest BCUT2D eigenvalue weighted by Gasteiger charge is -1.99. The molecule has 1 aromatic rings. The smallest absolute Gasteiger partial charge is 0.269 e. The van der Waals surface area contributed by atoms with E-state index in [0.29, 0.717) is 11.5 Å². The molecule has 0 spiro atoms. The highest BCUT2D eigenvalue weighted by molar-refractivity contribution is 7.98. The number of thioether (sulfide) groups is 1. The maximum atomic E-state index is 10.4. The van der Waals surface area contributed by atoms with Crippen LogP contribution in [-0.4, -0.2) is 22.4 Å². The van der Waals surface area contributed by atoms with Crippen LogP contribution >= 0.6 is 11.8 Å². The molecule has 0 aliphatic carbocycles. The number of hydrogen-bond donors (Lipinski definition) is 1. The van der Waals surface area contributed by atoms with E-state index in [2.05, 4.69) is 0 Å². The highest BCUT2D eigenvalue weighted by Gasteiger charge is 2.04. The third-order valence-electron chi connectivity index (χ3n) is 1.63. The molecule has 0 amide bonds. The molecular weight excluding hydrogens is 202 g/mol. The number of hydrogen-bond acceptors (Lipinski definition) is 4. The summed E-state index contributed by atoms with van der Waals surface area (Å²) in [5, 5.41) is 19.0. The predicted molar refractivity (Wildman–Crippen MR) is 56.3 cm³/mol. The lowest BCUT2D eigenvalue weighted by molar-refractivity contribution is -0.384. The Balaban J connectivity index is 2.59. The van der Waals surface area contributed by atoms with Crippen molar-refractivity contribution in [2.45, 2.75) is 5.75 Å². The molecule has 0 fully saturated rings. The summed E-state index contributed by atoms with van der Waals surface area (Å²) in [7, 11) is 0. The van der Waals surface area contributed by atoms with Gasteiger partial charge in [0.05, 0.1) is 11.5 Å². The molecule has 76 valence electrons. The van der Waals surface area contributed by atoms with Gasteiger partial charge in [0.2, 0.25) is 0 Å². The van der Waals surface area contributed by atoms with Crippen molar-refractivity contribution < 1.29 is 10.0 Å². The van der Waals surface area contributed by atoms with Crippen molar-refractivity contribution in [3.8, 4) is 0 Å². The fourth-order valence-electron chi connectivity index (χ4n) is 1.01. The number of rotatable bonds is 5. The molecule has 0 aliphatic rings. The van der Waals surface area contributed by atoms with Crippen molar-refractivity contribution in [1.29, 1.82) is 0 Å². The molecular formula is C9H11NO3S. The lowest BCUT2D eigenvalue weighted by atomic mass is 10.2. The zero-order valence-electron chi connectivity index (χ0n) is 7.55. The number of nitro benzene ring substituents is 1. The van der Waals surface area contributed by atoms with Gasteiger partial charge in [-0.1, -0.05) is 12.1 Å². The molecule has 0 saturated carbocycles. The first-order valence-electron chi connectivity index (χ1n) is 4.16. The van der Waals surface area contributed by atoms with Crippen LogP contribution in [0, 0.1) is 10.1 Å².